The first kappa shape index (κ1) is 24.1. The van der Waals surface area contributed by atoms with Crippen molar-refractivity contribution in [2.24, 2.45) is 0 Å². The van der Waals surface area contributed by atoms with Gasteiger partial charge in [0.15, 0.2) is 17.7 Å². The molecule has 36 heavy (non-hydrogen) atoms. The van der Waals surface area contributed by atoms with Gasteiger partial charge in [0.2, 0.25) is 5.91 Å². The quantitative estimate of drug-likeness (QED) is 0.150. The van der Waals surface area contributed by atoms with E-state index in [9.17, 15) is 20.1 Å². The van der Waals surface area contributed by atoms with Crippen molar-refractivity contribution in [1.82, 2.24) is 35.6 Å². The Morgan fingerprint density at radius 2 is 2.00 bits per heavy atom. The number of benzene rings is 1. The van der Waals surface area contributed by atoms with Crippen LogP contribution < -0.4 is 16.0 Å². The summed E-state index contributed by atoms with van der Waals surface area (Å²) in [6.07, 6.45) is 0.0349. The van der Waals surface area contributed by atoms with Gasteiger partial charge in [0.05, 0.1) is 25.0 Å². The van der Waals surface area contributed by atoms with Gasteiger partial charge in [-0.3, -0.25) is 4.79 Å². The Hall–Kier alpha value is -3.62. The van der Waals surface area contributed by atoms with E-state index >= 15 is 0 Å². The van der Waals surface area contributed by atoms with Crippen LogP contribution >= 0.6 is 0 Å². The summed E-state index contributed by atoms with van der Waals surface area (Å²) in [6, 6.07) is 6.12. The number of aromatic nitrogens is 5. The third kappa shape index (κ3) is 4.50. The topological polar surface area (TPSA) is 193 Å². The molecule has 1 unspecified atom stereocenters. The number of carbonyl (C=O) groups excluding carboxylic acids is 1. The first-order valence-corrected chi connectivity index (χ1v) is 11.6. The number of carbonyl (C=O) groups is 1. The standard InChI is InChI=1S/C23H28N8O5/c1-24-14(6-11-7-25-13-5-3-2-4-12(11)13)22(35)30-16-15(8-32)36-23(19(34)18(16)33)31-21-17-20(27-9-26-17)28-10-29-21/h2-5,7,9-10,14-16,18-19,23-25,32-34H,6,8H2,1H3,(H,30,35)(H2,26,27,28,29,31)/t14-,15-,16?,18+,19-,23-/m0/s1. The van der Waals surface area contributed by atoms with E-state index in [-0.39, 0.29) is 0 Å². The van der Waals surface area contributed by atoms with E-state index in [2.05, 4.69) is 40.9 Å². The molecule has 5 rings (SSSR count). The van der Waals surface area contributed by atoms with Gasteiger partial charge in [-0.1, -0.05) is 18.2 Å². The number of aromatic amines is 2. The van der Waals surface area contributed by atoms with Crippen LogP contribution in [0.15, 0.2) is 43.1 Å². The van der Waals surface area contributed by atoms with Crippen molar-refractivity contribution in [3.05, 3.63) is 48.7 Å². The molecule has 1 aromatic carbocycles. The first-order chi connectivity index (χ1) is 17.5. The number of nitrogens with zero attached hydrogens (tertiary/aromatic N) is 3. The van der Waals surface area contributed by atoms with Crippen LogP contribution in [0.25, 0.3) is 22.1 Å². The molecule has 1 aliphatic heterocycles. The molecule has 6 atom stereocenters. The number of hydrogen-bond donors (Lipinski definition) is 8. The minimum absolute atomic E-state index is 0.307. The molecule has 4 heterocycles. The Morgan fingerprint density at radius 3 is 2.81 bits per heavy atom. The number of rotatable bonds is 8. The summed E-state index contributed by atoms with van der Waals surface area (Å²) < 4.78 is 5.83. The molecule has 13 nitrogen and oxygen atoms in total. The van der Waals surface area contributed by atoms with E-state index in [1.807, 2.05) is 30.5 Å². The van der Waals surface area contributed by atoms with Crippen LogP contribution in [-0.4, -0.2) is 96.4 Å². The van der Waals surface area contributed by atoms with Crippen LogP contribution in [0.1, 0.15) is 5.56 Å². The maximum Gasteiger partial charge on any atom is 0.237 e. The molecule has 1 amide bonds. The van der Waals surface area contributed by atoms with Crippen LogP contribution in [0.5, 0.6) is 0 Å². The SMILES string of the molecule is CN[C@@H](Cc1c[nH]c2ccccc12)C(=O)NC1[C@H](CO)O[C@H](Nc2ncnc3nc[nH]c23)[C@@H](O)[C@@H]1O. The average molecular weight is 497 g/mol. The van der Waals surface area contributed by atoms with E-state index in [0.29, 0.717) is 23.4 Å². The number of fused-ring (bicyclic) bond motifs is 2. The summed E-state index contributed by atoms with van der Waals surface area (Å²) in [7, 11) is 1.67. The Bertz CT molecular complexity index is 1340. The molecule has 0 spiro atoms. The summed E-state index contributed by atoms with van der Waals surface area (Å²) in [4.78, 5) is 31.5. The van der Waals surface area contributed by atoms with Gasteiger partial charge < -0.3 is 46.0 Å². The second-order valence-electron chi connectivity index (χ2n) is 8.67. The fourth-order valence-electron chi connectivity index (χ4n) is 4.54. The fourth-order valence-corrected chi connectivity index (χ4v) is 4.54. The Labute approximate surface area is 205 Å². The van der Waals surface area contributed by atoms with Gasteiger partial charge in [0.1, 0.15) is 30.2 Å². The highest BCUT2D eigenvalue weighted by Gasteiger charge is 2.45. The second-order valence-corrected chi connectivity index (χ2v) is 8.67. The minimum atomic E-state index is -1.44. The third-order valence-electron chi connectivity index (χ3n) is 6.50. The molecule has 190 valence electrons. The van der Waals surface area contributed by atoms with E-state index in [4.69, 9.17) is 4.74 Å². The highest BCUT2D eigenvalue weighted by molar-refractivity contribution is 5.86. The number of likely N-dealkylation sites (N-methyl/N-ethyl adjacent to an activating group) is 1. The van der Waals surface area contributed by atoms with Crippen LogP contribution in [0.3, 0.4) is 0 Å². The van der Waals surface area contributed by atoms with Gasteiger partial charge in [-0.05, 0) is 25.1 Å². The molecule has 0 saturated carbocycles. The summed E-state index contributed by atoms with van der Waals surface area (Å²) in [6.45, 7) is -0.497. The molecule has 1 aliphatic rings. The molecule has 3 aromatic heterocycles. The van der Waals surface area contributed by atoms with E-state index in [0.717, 1.165) is 16.5 Å². The normalized spacial score (nSPS) is 25.2. The number of anilines is 1. The summed E-state index contributed by atoms with van der Waals surface area (Å²) >= 11 is 0. The van der Waals surface area contributed by atoms with Crippen molar-refractivity contribution in [2.75, 3.05) is 19.0 Å². The molecular formula is C23H28N8O5. The van der Waals surface area contributed by atoms with Gasteiger partial charge in [-0.2, -0.15) is 0 Å². The zero-order valence-electron chi connectivity index (χ0n) is 19.4. The van der Waals surface area contributed by atoms with Crippen LogP contribution in [0.4, 0.5) is 5.82 Å². The molecule has 0 bridgehead atoms. The van der Waals surface area contributed by atoms with Crippen molar-refractivity contribution in [1.29, 1.82) is 0 Å². The van der Waals surface area contributed by atoms with Gasteiger partial charge in [0.25, 0.3) is 0 Å². The predicted octanol–water partition coefficient (Wildman–Crippen LogP) is -0.999. The van der Waals surface area contributed by atoms with Gasteiger partial charge in [-0.25, -0.2) is 15.0 Å². The zero-order chi connectivity index (χ0) is 25.2. The lowest BCUT2D eigenvalue weighted by Crippen LogP contribution is -2.67. The number of amides is 1. The second kappa shape index (κ2) is 10.2. The smallest absolute Gasteiger partial charge is 0.237 e. The molecule has 1 saturated heterocycles. The molecule has 0 aliphatic carbocycles. The van der Waals surface area contributed by atoms with Gasteiger partial charge >= 0.3 is 0 Å². The first-order valence-electron chi connectivity index (χ1n) is 11.6. The maximum atomic E-state index is 13.2. The minimum Gasteiger partial charge on any atom is -0.394 e. The van der Waals surface area contributed by atoms with Crippen molar-refractivity contribution < 1.29 is 24.9 Å². The average Bonchev–Trinajstić information content (AvgIpc) is 3.54. The zero-order valence-corrected chi connectivity index (χ0v) is 19.4. The van der Waals surface area contributed by atoms with Crippen LogP contribution in [0.2, 0.25) is 0 Å². The van der Waals surface area contributed by atoms with Crippen molar-refractivity contribution in [3.8, 4) is 0 Å². The highest BCUT2D eigenvalue weighted by atomic mass is 16.5. The Kier molecular flexibility index (Phi) is 6.80. The summed E-state index contributed by atoms with van der Waals surface area (Å²) in [5.41, 5.74) is 2.83. The lowest BCUT2D eigenvalue weighted by atomic mass is 9.94. The highest BCUT2D eigenvalue weighted by Crippen LogP contribution is 2.25. The van der Waals surface area contributed by atoms with E-state index in [1.54, 1.807) is 7.05 Å². The number of aliphatic hydroxyl groups is 3. The largest absolute Gasteiger partial charge is 0.394 e. The van der Waals surface area contributed by atoms with Crippen LogP contribution in [-0.2, 0) is 16.0 Å². The van der Waals surface area contributed by atoms with Crippen molar-refractivity contribution >= 4 is 33.8 Å². The predicted molar refractivity (Wildman–Crippen MR) is 130 cm³/mol. The van der Waals surface area contributed by atoms with Crippen LogP contribution in [0, 0.1) is 0 Å². The lowest BCUT2D eigenvalue weighted by molar-refractivity contribution is -0.185. The van der Waals surface area contributed by atoms with Gasteiger partial charge in [0, 0.05) is 17.1 Å². The fraction of sp³-hybridized carbons (Fsp3) is 0.391. The molecule has 8 N–H and O–H groups in total. The molecule has 13 heteroatoms. The maximum absolute atomic E-state index is 13.2. The van der Waals surface area contributed by atoms with Crippen molar-refractivity contribution in [3.63, 3.8) is 0 Å². The van der Waals surface area contributed by atoms with Gasteiger partial charge in [-0.15, -0.1) is 0 Å². The van der Waals surface area contributed by atoms with E-state index < -0.39 is 49.1 Å². The number of H-pyrrole nitrogens is 2. The molecule has 1 fully saturated rings. The van der Waals surface area contributed by atoms with E-state index in [1.165, 1.54) is 12.7 Å². The third-order valence-corrected chi connectivity index (χ3v) is 6.50. The number of nitrogens with one attached hydrogen (secondary N) is 5. The number of ether oxygens (including phenoxy) is 1. The Morgan fingerprint density at radius 1 is 1.17 bits per heavy atom. The Balaban J connectivity index is 1.29. The number of aliphatic hydroxyl groups excluding tert-OH is 3. The molecular weight excluding hydrogens is 468 g/mol. The molecule has 4 aromatic rings. The van der Waals surface area contributed by atoms with Crippen molar-refractivity contribution in [2.45, 2.75) is 43.0 Å². The summed E-state index contributed by atoms with van der Waals surface area (Å²) in [5, 5.41) is 41.3. The monoisotopic (exact) mass is 496 g/mol. The summed E-state index contributed by atoms with van der Waals surface area (Å²) in [5.74, 6) is -0.0932. The number of imidazole rings is 1. The molecule has 0 radical (unpaired) electrons. The number of hydrogen-bond acceptors (Lipinski definition) is 10. The number of para-hydroxylation sites is 1. The lowest BCUT2D eigenvalue weighted by Gasteiger charge is -2.43.